The second-order valence-corrected chi connectivity index (χ2v) is 6.33. The second-order valence-electron chi connectivity index (χ2n) is 4.73. The van der Waals surface area contributed by atoms with Gasteiger partial charge in [0.2, 0.25) is 0 Å². The number of para-hydroxylation sites is 1. The largest absolute Gasteiger partial charge is 0.341 e. The summed E-state index contributed by atoms with van der Waals surface area (Å²) in [4.78, 5) is 2.80. The number of fused-ring (bicyclic) bond motifs is 3. The molecule has 0 spiro atoms. The van der Waals surface area contributed by atoms with Gasteiger partial charge in [0, 0.05) is 16.1 Å². The Morgan fingerprint density at radius 2 is 2.20 bits per heavy atom. The van der Waals surface area contributed by atoms with Crippen LogP contribution in [0.2, 0.25) is 0 Å². The third-order valence-electron chi connectivity index (χ3n) is 3.33. The van der Waals surface area contributed by atoms with Gasteiger partial charge in [-0.3, -0.25) is 4.18 Å². The Morgan fingerprint density at radius 3 is 2.90 bits per heavy atom. The lowest BCUT2D eigenvalue weighted by atomic mass is 10.1. The molecule has 20 heavy (non-hydrogen) atoms. The van der Waals surface area contributed by atoms with Gasteiger partial charge < -0.3 is 4.57 Å². The second kappa shape index (κ2) is 4.52. The van der Waals surface area contributed by atoms with E-state index in [9.17, 15) is 8.42 Å². The number of rotatable bonds is 3. The van der Waals surface area contributed by atoms with Gasteiger partial charge in [-0.25, -0.2) is 0 Å². The smallest absolute Gasteiger partial charge is 0.264 e. The molecule has 0 amide bonds. The standard InChI is InChI=1S/C12H12N4O3S/c1-20(17,18)19-11-7-16-9-5-3-2-4-8(9)6-10(16)12(11)14-15-13/h2-6,11-12H,7H2,1H3. The zero-order chi connectivity index (χ0) is 14.3. The summed E-state index contributed by atoms with van der Waals surface area (Å²) in [7, 11) is -3.60. The van der Waals surface area contributed by atoms with Crippen LogP contribution < -0.4 is 0 Å². The van der Waals surface area contributed by atoms with Gasteiger partial charge in [-0.15, -0.1) is 0 Å². The van der Waals surface area contributed by atoms with E-state index in [0.29, 0.717) is 6.54 Å². The highest BCUT2D eigenvalue weighted by atomic mass is 32.2. The van der Waals surface area contributed by atoms with E-state index in [4.69, 9.17) is 9.71 Å². The van der Waals surface area contributed by atoms with Crippen molar-refractivity contribution in [2.24, 2.45) is 5.11 Å². The molecule has 0 bridgehead atoms. The fourth-order valence-electron chi connectivity index (χ4n) is 2.65. The zero-order valence-electron chi connectivity index (χ0n) is 10.7. The van der Waals surface area contributed by atoms with Crippen LogP contribution in [0.25, 0.3) is 21.3 Å². The van der Waals surface area contributed by atoms with Crippen LogP contribution in [0.5, 0.6) is 0 Å². The molecule has 1 aliphatic heterocycles. The highest BCUT2D eigenvalue weighted by molar-refractivity contribution is 7.86. The topological polar surface area (TPSA) is 97.1 Å². The third-order valence-corrected chi connectivity index (χ3v) is 3.93. The third kappa shape index (κ3) is 2.14. The van der Waals surface area contributed by atoms with Crippen LogP contribution in [0.1, 0.15) is 11.7 Å². The predicted octanol–water partition coefficient (Wildman–Crippen LogP) is 2.35. The Balaban J connectivity index is 2.09. The van der Waals surface area contributed by atoms with Gasteiger partial charge in [0.25, 0.3) is 10.1 Å². The number of aromatic nitrogens is 1. The average molecular weight is 292 g/mol. The summed E-state index contributed by atoms with van der Waals surface area (Å²) in [5, 5.41) is 4.72. The quantitative estimate of drug-likeness (QED) is 0.376. The minimum Gasteiger partial charge on any atom is -0.341 e. The van der Waals surface area contributed by atoms with Crippen molar-refractivity contribution in [3.05, 3.63) is 46.5 Å². The van der Waals surface area contributed by atoms with Gasteiger partial charge in [-0.05, 0) is 23.1 Å². The fraction of sp³-hybridized carbons (Fsp3) is 0.333. The minimum atomic E-state index is -3.60. The molecular weight excluding hydrogens is 280 g/mol. The molecule has 2 atom stereocenters. The highest BCUT2D eigenvalue weighted by Gasteiger charge is 2.36. The Kier molecular flexibility index (Phi) is 2.93. The molecule has 1 aromatic heterocycles. The first-order chi connectivity index (χ1) is 9.49. The summed E-state index contributed by atoms with van der Waals surface area (Å²) in [6.45, 7) is 0.347. The maximum atomic E-state index is 11.3. The number of hydrogen-bond donors (Lipinski definition) is 0. The molecule has 0 N–H and O–H groups in total. The first-order valence-electron chi connectivity index (χ1n) is 6.00. The van der Waals surface area contributed by atoms with E-state index in [0.717, 1.165) is 22.9 Å². The molecule has 1 aliphatic rings. The summed E-state index contributed by atoms with van der Waals surface area (Å²) in [6, 6.07) is 8.99. The lowest BCUT2D eigenvalue weighted by Gasteiger charge is -2.13. The van der Waals surface area contributed by atoms with E-state index in [2.05, 4.69) is 10.0 Å². The first-order valence-corrected chi connectivity index (χ1v) is 7.82. The number of hydrogen-bond acceptors (Lipinski definition) is 4. The molecule has 0 radical (unpaired) electrons. The van der Waals surface area contributed by atoms with Gasteiger partial charge >= 0.3 is 0 Å². The highest BCUT2D eigenvalue weighted by Crippen LogP contribution is 2.37. The number of azide groups is 1. The molecule has 0 aliphatic carbocycles. The Labute approximate surface area is 115 Å². The van der Waals surface area contributed by atoms with Crippen LogP contribution >= 0.6 is 0 Å². The van der Waals surface area contributed by atoms with E-state index < -0.39 is 22.3 Å². The summed E-state index contributed by atoms with van der Waals surface area (Å²) in [5.74, 6) is 0. The molecular formula is C12H12N4O3S. The molecule has 8 heteroatoms. The SMILES string of the molecule is CS(=O)(=O)OC1Cn2c(cc3ccccc32)C1N=[N+]=[N-]. The van der Waals surface area contributed by atoms with Crippen molar-refractivity contribution in [1.29, 1.82) is 0 Å². The van der Waals surface area contributed by atoms with Crippen molar-refractivity contribution in [2.75, 3.05) is 6.26 Å². The maximum absolute atomic E-state index is 11.3. The van der Waals surface area contributed by atoms with Crippen LogP contribution in [-0.2, 0) is 20.8 Å². The normalized spacial score (nSPS) is 21.6. The first kappa shape index (κ1) is 13.0. The fourth-order valence-corrected chi connectivity index (χ4v) is 3.26. The van der Waals surface area contributed by atoms with Crippen molar-refractivity contribution < 1.29 is 12.6 Å². The minimum absolute atomic E-state index is 0.347. The summed E-state index contributed by atoms with van der Waals surface area (Å²) in [6.07, 6.45) is 0.298. The van der Waals surface area contributed by atoms with Gasteiger partial charge in [0.05, 0.1) is 12.8 Å². The molecule has 0 fully saturated rings. The van der Waals surface area contributed by atoms with Crippen LogP contribution in [0.3, 0.4) is 0 Å². The van der Waals surface area contributed by atoms with Gasteiger partial charge in [0.15, 0.2) is 0 Å². The van der Waals surface area contributed by atoms with Crippen LogP contribution in [0.4, 0.5) is 0 Å². The zero-order valence-corrected chi connectivity index (χ0v) is 11.5. The van der Waals surface area contributed by atoms with Crippen molar-refractivity contribution >= 4 is 21.0 Å². The molecule has 104 valence electrons. The van der Waals surface area contributed by atoms with E-state index in [-0.39, 0.29) is 0 Å². The Bertz CT molecular complexity index is 820. The Morgan fingerprint density at radius 1 is 1.45 bits per heavy atom. The average Bonchev–Trinajstić information content (AvgIpc) is 2.86. The van der Waals surface area contributed by atoms with Crippen molar-refractivity contribution in [1.82, 2.24) is 4.57 Å². The van der Waals surface area contributed by atoms with Crippen molar-refractivity contribution in [3.63, 3.8) is 0 Å². The van der Waals surface area contributed by atoms with E-state index in [1.165, 1.54) is 0 Å². The molecule has 2 unspecified atom stereocenters. The molecule has 0 saturated carbocycles. The van der Waals surface area contributed by atoms with Gasteiger partial charge in [-0.2, -0.15) is 8.42 Å². The molecule has 1 aromatic carbocycles. The maximum Gasteiger partial charge on any atom is 0.264 e. The van der Waals surface area contributed by atoms with Crippen molar-refractivity contribution in [3.8, 4) is 0 Å². The Hall–Kier alpha value is -2.02. The number of nitrogens with zero attached hydrogens (tertiary/aromatic N) is 4. The van der Waals surface area contributed by atoms with Crippen LogP contribution in [0, 0.1) is 0 Å². The summed E-state index contributed by atoms with van der Waals surface area (Å²) >= 11 is 0. The predicted molar refractivity (Wildman–Crippen MR) is 73.5 cm³/mol. The molecule has 7 nitrogen and oxygen atoms in total. The molecule has 3 rings (SSSR count). The van der Waals surface area contributed by atoms with E-state index in [1.54, 1.807) is 0 Å². The van der Waals surface area contributed by atoms with Gasteiger partial charge in [0.1, 0.15) is 12.1 Å². The van der Waals surface area contributed by atoms with E-state index in [1.807, 2.05) is 34.9 Å². The molecule has 0 saturated heterocycles. The van der Waals surface area contributed by atoms with Crippen molar-refractivity contribution in [2.45, 2.75) is 18.7 Å². The van der Waals surface area contributed by atoms with Crippen LogP contribution in [0.15, 0.2) is 35.4 Å². The monoisotopic (exact) mass is 292 g/mol. The molecule has 2 aromatic rings. The van der Waals surface area contributed by atoms with Crippen LogP contribution in [-0.4, -0.2) is 25.3 Å². The summed E-state index contributed by atoms with van der Waals surface area (Å²) < 4.78 is 29.6. The molecule has 2 heterocycles. The van der Waals surface area contributed by atoms with Gasteiger partial charge in [-0.1, -0.05) is 23.3 Å². The van der Waals surface area contributed by atoms with E-state index >= 15 is 0 Å². The lowest BCUT2D eigenvalue weighted by molar-refractivity contribution is 0.186. The lowest BCUT2D eigenvalue weighted by Crippen LogP contribution is -2.21. The number of benzene rings is 1. The summed E-state index contributed by atoms with van der Waals surface area (Å²) in [5.41, 5.74) is 10.4.